The van der Waals surface area contributed by atoms with Gasteiger partial charge in [-0.1, -0.05) is 13.8 Å². The van der Waals surface area contributed by atoms with Crippen molar-refractivity contribution in [2.24, 2.45) is 11.8 Å². The van der Waals surface area contributed by atoms with Gasteiger partial charge in [0.1, 0.15) is 0 Å². The van der Waals surface area contributed by atoms with Crippen LogP contribution < -0.4 is 5.32 Å². The van der Waals surface area contributed by atoms with Gasteiger partial charge in [0, 0.05) is 25.0 Å². The van der Waals surface area contributed by atoms with Crippen molar-refractivity contribution >= 4 is 0 Å². The first-order valence-electron chi connectivity index (χ1n) is 5.96. The van der Waals surface area contributed by atoms with Crippen molar-refractivity contribution < 1.29 is 0 Å². The molecule has 0 amide bonds. The quantitative estimate of drug-likeness (QED) is 0.799. The number of nitrogens with zero attached hydrogens (tertiary/aromatic N) is 2. The fraction of sp³-hybridized carbons (Fsp3) is 0.750. The van der Waals surface area contributed by atoms with E-state index in [-0.39, 0.29) is 0 Å². The Morgan fingerprint density at radius 3 is 2.87 bits per heavy atom. The van der Waals surface area contributed by atoms with Crippen molar-refractivity contribution in [2.45, 2.75) is 39.3 Å². The van der Waals surface area contributed by atoms with Gasteiger partial charge in [-0.2, -0.15) is 5.10 Å². The topological polar surface area (TPSA) is 29.9 Å². The smallest absolute Gasteiger partial charge is 0.0534 e. The summed E-state index contributed by atoms with van der Waals surface area (Å²) in [5.41, 5.74) is 0. The van der Waals surface area contributed by atoms with E-state index in [1.165, 1.54) is 12.8 Å². The molecule has 0 unspecified atom stereocenters. The first-order chi connectivity index (χ1) is 7.25. The van der Waals surface area contributed by atoms with Crippen LogP contribution >= 0.6 is 0 Å². The lowest BCUT2D eigenvalue weighted by Crippen LogP contribution is -2.44. The molecule has 0 radical (unpaired) electrons. The Kier molecular flexibility index (Phi) is 3.41. The van der Waals surface area contributed by atoms with Crippen LogP contribution in [0, 0.1) is 11.8 Å². The Morgan fingerprint density at radius 2 is 2.27 bits per heavy atom. The highest BCUT2D eigenvalue weighted by molar-refractivity contribution is 4.86. The molecule has 1 N–H and O–H groups in total. The summed E-state index contributed by atoms with van der Waals surface area (Å²) in [5, 5.41) is 7.76. The van der Waals surface area contributed by atoms with Crippen LogP contribution in [-0.2, 0) is 6.54 Å². The van der Waals surface area contributed by atoms with Crippen LogP contribution in [0.1, 0.15) is 26.7 Å². The van der Waals surface area contributed by atoms with Crippen LogP contribution in [0.4, 0.5) is 0 Å². The lowest BCUT2D eigenvalue weighted by molar-refractivity contribution is 0.167. The number of aromatic nitrogens is 2. The van der Waals surface area contributed by atoms with E-state index < -0.39 is 0 Å². The van der Waals surface area contributed by atoms with Crippen molar-refractivity contribution in [1.29, 1.82) is 0 Å². The third-order valence-electron chi connectivity index (χ3n) is 3.45. The standard InChI is InChI=1S/C12H21N3/c1-10(2)11-8-12(9-11)13-5-7-15-6-3-4-14-15/h3-4,6,10-13H,5,7-9H2,1-2H3. The molecule has 2 rings (SSSR count). The Bertz CT molecular complexity index is 273. The zero-order valence-corrected chi connectivity index (χ0v) is 9.69. The van der Waals surface area contributed by atoms with Crippen molar-refractivity contribution in [1.82, 2.24) is 15.1 Å². The van der Waals surface area contributed by atoms with E-state index in [0.717, 1.165) is 31.0 Å². The third-order valence-corrected chi connectivity index (χ3v) is 3.45. The highest BCUT2D eigenvalue weighted by Gasteiger charge is 2.30. The second-order valence-corrected chi connectivity index (χ2v) is 4.90. The van der Waals surface area contributed by atoms with Gasteiger partial charge in [0.2, 0.25) is 0 Å². The number of rotatable bonds is 5. The third kappa shape index (κ3) is 2.81. The van der Waals surface area contributed by atoms with E-state index in [4.69, 9.17) is 0 Å². The summed E-state index contributed by atoms with van der Waals surface area (Å²) in [6.45, 7) is 6.67. The van der Waals surface area contributed by atoms with E-state index in [9.17, 15) is 0 Å². The van der Waals surface area contributed by atoms with Crippen LogP contribution in [0.25, 0.3) is 0 Å². The van der Waals surface area contributed by atoms with Gasteiger partial charge >= 0.3 is 0 Å². The zero-order chi connectivity index (χ0) is 10.7. The second kappa shape index (κ2) is 4.79. The first-order valence-corrected chi connectivity index (χ1v) is 5.96. The molecule has 1 aliphatic carbocycles. The monoisotopic (exact) mass is 207 g/mol. The maximum atomic E-state index is 4.18. The average molecular weight is 207 g/mol. The van der Waals surface area contributed by atoms with E-state index >= 15 is 0 Å². The van der Waals surface area contributed by atoms with Gasteiger partial charge in [-0.15, -0.1) is 0 Å². The molecule has 84 valence electrons. The van der Waals surface area contributed by atoms with Crippen molar-refractivity contribution in [3.05, 3.63) is 18.5 Å². The summed E-state index contributed by atoms with van der Waals surface area (Å²) in [7, 11) is 0. The Balaban J connectivity index is 1.57. The van der Waals surface area contributed by atoms with E-state index in [1.807, 2.05) is 23.1 Å². The number of nitrogens with one attached hydrogen (secondary N) is 1. The molecule has 0 aliphatic heterocycles. The minimum atomic E-state index is 0.757. The molecule has 1 heterocycles. The molecule has 1 aromatic heterocycles. The highest BCUT2D eigenvalue weighted by Crippen LogP contribution is 2.33. The van der Waals surface area contributed by atoms with Crippen LogP contribution in [-0.4, -0.2) is 22.4 Å². The molecule has 0 bridgehead atoms. The molecule has 1 fully saturated rings. The molecule has 0 spiro atoms. The van der Waals surface area contributed by atoms with Gasteiger partial charge < -0.3 is 5.32 Å². The zero-order valence-electron chi connectivity index (χ0n) is 9.69. The van der Waals surface area contributed by atoms with E-state index in [1.54, 1.807) is 0 Å². The van der Waals surface area contributed by atoms with Gasteiger partial charge in [0.15, 0.2) is 0 Å². The number of hydrogen-bond donors (Lipinski definition) is 1. The van der Waals surface area contributed by atoms with Gasteiger partial charge in [0.05, 0.1) is 6.54 Å². The molecular formula is C12H21N3. The largest absolute Gasteiger partial charge is 0.312 e. The predicted molar refractivity (Wildman–Crippen MR) is 61.6 cm³/mol. The molecule has 1 aliphatic rings. The Morgan fingerprint density at radius 1 is 1.47 bits per heavy atom. The first kappa shape index (κ1) is 10.7. The SMILES string of the molecule is CC(C)C1CC(NCCn2cccn2)C1. The second-order valence-electron chi connectivity index (χ2n) is 4.90. The van der Waals surface area contributed by atoms with Crippen molar-refractivity contribution in [2.75, 3.05) is 6.54 Å². The minimum absolute atomic E-state index is 0.757. The average Bonchev–Trinajstić information content (AvgIpc) is 2.60. The van der Waals surface area contributed by atoms with Gasteiger partial charge in [0.25, 0.3) is 0 Å². The predicted octanol–water partition coefficient (Wildman–Crippen LogP) is 1.91. The molecular weight excluding hydrogens is 186 g/mol. The lowest BCUT2D eigenvalue weighted by atomic mass is 9.74. The summed E-state index contributed by atoms with van der Waals surface area (Å²) >= 11 is 0. The fourth-order valence-electron chi connectivity index (χ4n) is 2.19. The molecule has 1 aromatic rings. The molecule has 3 heteroatoms. The number of hydrogen-bond acceptors (Lipinski definition) is 2. The van der Waals surface area contributed by atoms with E-state index in [2.05, 4.69) is 24.3 Å². The molecule has 15 heavy (non-hydrogen) atoms. The normalized spacial score (nSPS) is 25.5. The summed E-state index contributed by atoms with van der Waals surface area (Å²) in [6, 6.07) is 2.73. The molecule has 0 aromatic carbocycles. The highest BCUT2D eigenvalue weighted by atomic mass is 15.3. The Labute approximate surface area is 91.9 Å². The van der Waals surface area contributed by atoms with Crippen LogP contribution in [0.5, 0.6) is 0 Å². The molecule has 1 saturated carbocycles. The summed E-state index contributed by atoms with van der Waals surface area (Å²) < 4.78 is 1.98. The van der Waals surface area contributed by atoms with Gasteiger partial charge in [-0.25, -0.2) is 0 Å². The minimum Gasteiger partial charge on any atom is -0.312 e. The summed E-state index contributed by atoms with van der Waals surface area (Å²) in [6.07, 6.45) is 6.56. The van der Waals surface area contributed by atoms with Crippen LogP contribution in [0.15, 0.2) is 18.5 Å². The van der Waals surface area contributed by atoms with Crippen LogP contribution in [0.3, 0.4) is 0 Å². The van der Waals surface area contributed by atoms with Gasteiger partial charge in [-0.3, -0.25) is 4.68 Å². The maximum absolute atomic E-state index is 4.18. The lowest BCUT2D eigenvalue weighted by Gasteiger charge is -2.38. The van der Waals surface area contributed by atoms with Gasteiger partial charge in [-0.05, 0) is 30.7 Å². The van der Waals surface area contributed by atoms with Crippen molar-refractivity contribution in [3.8, 4) is 0 Å². The molecule has 3 nitrogen and oxygen atoms in total. The summed E-state index contributed by atoms with van der Waals surface area (Å²) in [5.74, 6) is 1.81. The van der Waals surface area contributed by atoms with E-state index in [0.29, 0.717) is 0 Å². The summed E-state index contributed by atoms with van der Waals surface area (Å²) in [4.78, 5) is 0. The van der Waals surface area contributed by atoms with Crippen LogP contribution in [0.2, 0.25) is 0 Å². The Hall–Kier alpha value is -0.830. The van der Waals surface area contributed by atoms with Crippen molar-refractivity contribution in [3.63, 3.8) is 0 Å². The maximum Gasteiger partial charge on any atom is 0.0534 e. The fourth-order valence-corrected chi connectivity index (χ4v) is 2.19. The molecule has 0 saturated heterocycles. The molecule has 0 atom stereocenters.